The van der Waals surface area contributed by atoms with Gasteiger partial charge in [-0.1, -0.05) is 30.3 Å². The molecule has 3 heteroatoms. The Morgan fingerprint density at radius 2 is 1.79 bits per heavy atom. The van der Waals surface area contributed by atoms with Gasteiger partial charge in [-0.25, -0.2) is 4.79 Å². The van der Waals surface area contributed by atoms with Crippen molar-refractivity contribution in [2.45, 2.75) is 11.8 Å². The first-order chi connectivity index (χ1) is 9.26. The molecule has 0 aliphatic carbocycles. The monoisotopic (exact) mass is 272 g/mol. The maximum absolute atomic E-state index is 11.6. The van der Waals surface area contributed by atoms with Crippen molar-refractivity contribution < 1.29 is 9.53 Å². The quantitative estimate of drug-likeness (QED) is 0.614. The fraction of sp³-hybridized carbons (Fsp3) is 0.188. The summed E-state index contributed by atoms with van der Waals surface area (Å²) in [6.07, 6.45) is 2.06. The number of ether oxygens (including phenoxy) is 1. The molecule has 0 aliphatic rings. The SMILES string of the molecule is CCOC(=O)c1ccc(-c2ccccc2SC)cc1. The van der Waals surface area contributed by atoms with E-state index in [4.69, 9.17) is 4.74 Å². The summed E-state index contributed by atoms with van der Waals surface area (Å²) < 4.78 is 4.98. The van der Waals surface area contributed by atoms with Gasteiger partial charge in [-0.05, 0) is 42.5 Å². The summed E-state index contributed by atoms with van der Waals surface area (Å²) in [6, 6.07) is 15.8. The third-order valence-corrected chi connectivity index (χ3v) is 3.61. The molecule has 2 aromatic carbocycles. The maximum atomic E-state index is 11.6. The highest BCUT2D eigenvalue weighted by Gasteiger charge is 2.07. The van der Waals surface area contributed by atoms with Gasteiger partial charge in [0.1, 0.15) is 0 Å². The number of hydrogen-bond donors (Lipinski definition) is 0. The number of esters is 1. The summed E-state index contributed by atoms with van der Waals surface area (Å²) in [5.74, 6) is -0.271. The number of benzene rings is 2. The number of thioether (sulfide) groups is 1. The van der Waals surface area contributed by atoms with E-state index in [9.17, 15) is 4.79 Å². The van der Waals surface area contributed by atoms with Crippen LogP contribution in [0.2, 0.25) is 0 Å². The van der Waals surface area contributed by atoms with Crippen LogP contribution in [-0.2, 0) is 4.74 Å². The van der Waals surface area contributed by atoms with Crippen LogP contribution in [0.15, 0.2) is 53.4 Å². The van der Waals surface area contributed by atoms with E-state index >= 15 is 0 Å². The summed E-state index contributed by atoms with van der Waals surface area (Å²) in [7, 11) is 0. The van der Waals surface area contributed by atoms with Crippen LogP contribution in [-0.4, -0.2) is 18.8 Å². The van der Waals surface area contributed by atoms with Crippen LogP contribution < -0.4 is 0 Å². The largest absolute Gasteiger partial charge is 0.462 e. The van der Waals surface area contributed by atoms with Gasteiger partial charge in [0.15, 0.2) is 0 Å². The van der Waals surface area contributed by atoms with E-state index in [-0.39, 0.29) is 5.97 Å². The Morgan fingerprint density at radius 1 is 1.11 bits per heavy atom. The second-order valence-corrected chi connectivity index (χ2v) is 4.85. The van der Waals surface area contributed by atoms with E-state index in [0.29, 0.717) is 12.2 Å². The van der Waals surface area contributed by atoms with Gasteiger partial charge in [0.05, 0.1) is 12.2 Å². The third-order valence-electron chi connectivity index (χ3n) is 2.81. The molecule has 0 fully saturated rings. The van der Waals surface area contributed by atoms with E-state index in [1.54, 1.807) is 18.7 Å². The Kier molecular flexibility index (Phi) is 4.63. The van der Waals surface area contributed by atoms with Gasteiger partial charge in [-0.15, -0.1) is 11.8 Å². The summed E-state index contributed by atoms with van der Waals surface area (Å²) in [4.78, 5) is 12.8. The Labute approximate surface area is 117 Å². The zero-order chi connectivity index (χ0) is 13.7. The summed E-state index contributed by atoms with van der Waals surface area (Å²) in [5.41, 5.74) is 2.88. The van der Waals surface area contributed by atoms with E-state index in [0.717, 1.165) is 5.56 Å². The molecule has 0 aliphatic heterocycles. The topological polar surface area (TPSA) is 26.3 Å². The smallest absolute Gasteiger partial charge is 0.338 e. The predicted molar refractivity (Wildman–Crippen MR) is 79.6 cm³/mol. The summed E-state index contributed by atoms with van der Waals surface area (Å²) >= 11 is 1.72. The highest BCUT2D eigenvalue weighted by atomic mass is 32.2. The van der Waals surface area contributed by atoms with Crippen molar-refractivity contribution in [2.24, 2.45) is 0 Å². The molecule has 2 rings (SSSR count). The lowest BCUT2D eigenvalue weighted by Gasteiger charge is -2.08. The highest BCUT2D eigenvalue weighted by molar-refractivity contribution is 7.98. The van der Waals surface area contributed by atoms with Gasteiger partial charge in [0.2, 0.25) is 0 Å². The molecule has 0 bridgehead atoms. The molecule has 0 atom stereocenters. The van der Waals surface area contributed by atoms with Crippen molar-refractivity contribution in [1.29, 1.82) is 0 Å². The van der Waals surface area contributed by atoms with Crippen molar-refractivity contribution in [3.63, 3.8) is 0 Å². The molecule has 0 aromatic heterocycles. The van der Waals surface area contributed by atoms with Crippen molar-refractivity contribution >= 4 is 17.7 Å². The average Bonchev–Trinajstić information content (AvgIpc) is 2.47. The van der Waals surface area contributed by atoms with E-state index in [1.165, 1.54) is 10.5 Å². The maximum Gasteiger partial charge on any atom is 0.338 e. The Hall–Kier alpha value is -1.74. The molecule has 19 heavy (non-hydrogen) atoms. The average molecular weight is 272 g/mol. The molecule has 0 heterocycles. The van der Waals surface area contributed by atoms with Crippen molar-refractivity contribution in [3.05, 3.63) is 54.1 Å². The fourth-order valence-electron chi connectivity index (χ4n) is 1.88. The molecule has 0 N–H and O–H groups in total. The number of carbonyl (C=O) groups excluding carboxylic acids is 1. The zero-order valence-corrected chi connectivity index (χ0v) is 11.9. The summed E-state index contributed by atoms with van der Waals surface area (Å²) in [6.45, 7) is 2.21. The number of carbonyl (C=O) groups is 1. The molecule has 0 saturated carbocycles. The van der Waals surface area contributed by atoms with E-state index in [1.807, 2.05) is 36.4 Å². The molecule has 98 valence electrons. The van der Waals surface area contributed by atoms with Crippen LogP contribution in [0.1, 0.15) is 17.3 Å². The van der Waals surface area contributed by atoms with Gasteiger partial charge >= 0.3 is 5.97 Å². The Bertz CT molecular complexity index is 561. The van der Waals surface area contributed by atoms with E-state index < -0.39 is 0 Å². The molecule has 0 saturated heterocycles. The first-order valence-corrected chi connectivity index (χ1v) is 7.39. The normalized spacial score (nSPS) is 10.2. The second kappa shape index (κ2) is 6.43. The van der Waals surface area contributed by atoms with Crippen LogP contribution in [0.25, 0.3) is 11.1 Å². The molecule has 0 amide bonds. The lowest BCUT2D eigenvalue weighted by atomic mass is 10.0. The van der Waals surface area contributed by atoms with Crippen LogP contribution in [0.5, 0.6) is 0 Å². The second-order valence-electron chi connectivity index (χ2n) is 4.00. The predicted octanol–water partition coefficient (Wildman–Crippen LogP) is 4.25. The summed E-state index contributed by atoms with van der Waals surface area (Å²) in [5, 5.41) is 0. The minimum absolute atomic E-state index is 0.271. The lowest BCUT2D eigenvalue weighted by Crippen LogP contribution is -2.04. The Balaban J connectivity index is 2.30. The minimum Gasteiger partial charge on any atom is -0.462 e. The lowest BCUT2D eigenvalue weighted by molar-refractivity contribution is 0.0526. The van der Waals surface area contributed by atoms with Crippen LogP contribution in [0.4, 0.5) is 0 Å². The number of rotatable bonds is 4. The van der Waals surface area contributed by atoms with Crippen LogP contribution >= 0.6 is 11.8 Å². The van der Waals surface area contributed by atoms with Gasteiger partial charge in [-0.3, -0.25) is 0 Å². The fourth-order valence-corrected chi connectivity index (χ4v) is 2.50. The van der Waals surface area contributed by atoms with E-state index in [2.05, 4.69) is 18.4 Å². The van der Waals surface area contributed by atoms with Gasteiger partial charge in [0, 0.05) is 4.90 Å². The molecule has 0 unspecified atom stereocenters. The van der Waals surface area contributed by atoms with Gasteiger partial charge in [-0.2, -0.15) is 0 Å². The van der Waals surface area contributed by atoms with Gasteiger partial charge < -0.3 is 4.74 Å². The minimum atomic E-state index is -0.271. The van der Waals surface area contributed by atoms with Crippen molar-refractivity contribution in [3.8, 4) is 11.1 Å². The molecule has 2 nitrogen and oxygen atoms in total. The van der Waals surface area contributed by atoms with Crippen LogP contribution in [0, 0.1) is 0 Å². The van der Waals surface area contributed by atoms with Crippen molar-refractivity contribution in [1.82, 2.24) is 0 Å². The highest BCUT2D eigenvalue weighted by Crippen LogP contribution is 2.30. The Morgan fingerprint density at radius 3 is 2.42 bits per heavy atom. The standard InChI is InChI=1S/C16H16O2S/c1-3-18-16(17)13-10-8-12(9-11-13)14-6-4-5-7-15(14)19-2/h4-11H,3H2,1-2H3. The molecular formula is C16H16O2S. The zero-order valence-electron chi connectivity index (χ0n) is 11.1. The molecular weight excluding hydrogens is 256 g/mol. The molecule has 0 spiro atoms. The first-order valence-electron chi connectivity index (χ1n) is 6.17. The number of hydrogen-bond acceptors (Lipinski definition) is 3. The first kappa shape index (κ1) is 13.7. The molecule has 0 radical (unpaired) electrons. The molecule has 2 aromatic rings. The van der Waals surface area contributed by atoms with Crippen LogP contribution in [0.3, 0.4) is 0 Å². The van der Waals surface area contributed by atoms with Crippen molar-refractivity contribution in [2.75, 3.05) is 12.9 Å². The third kappa shape index (κ3) is 3.18. The van der Waals surface area contributed by atoms with Gasteiger partial charge in [0.25, 0.3) is 0 Å².